The molecule has 0 aromatic heterocycles. The maximum atomic E-state index is 12.1. The molecule has 3 rings (SSSR count). The Labute approximate surface area is 130 Å². The predicted molar refractivity (Wildman–Crippen MR) is 87.4 cm³/mol. The summed E-state index contributed by atoms with van der Waals surface area (Å²) in [5.41, 5.74) is 1.09. The minimum Gasteiger partial charge on any atom is -0.508 e. The number of phenolic OH excluding ortho intramolecular Hbond substituents is 2. The molecule has 22 heavy (non-hydrogen) atoms. The van der Waals surface area contributed by atoms with Crippen LogP contribution in [0.1, 0.15) is 5.56 Å². The molecule has 3 heteroatoms. The fourth-order valence-corrected chi connectivity index (χ4v) is 1.39. The van der Waals surface area contributed by atoms with E-state index in [0.717, 1.165) is 5.56 Å². The topological polar surface area (TPSA) is 40.5 Å². The zero-order valence-corrected chi connectivity index (χ0v) is 12.4. The van der Waals surface area contributed by atoms with Gasteiger partial charge in [-0.25, -0.2) is 4.39 Å². The molecule has 0 amide bonds. The van der Waals surface area contributed by atoms with Crippen LogP contribution in [0.5, 0.6) is 11.5 Å². The van der Waals surface area contributed by atoms with Gasteiger partial charge in [0.05, 0.1) is 0 Å². The smallest absolute Gasteiger partial charge is 0.123 e. The van der Waals surface area contributed by atoms with Crippen molar-refractivity contribution in [2.24, 2.45) is 0 Å². The normalized spacial score (nSPS) is 8.82. The van der Waals surface area contributed by atoms with E-state index in [9.17, 15) is 4.39 Å². The number of rotatable bonds is 0. The van der Waals surface area contributed by atoms with Crippen LogP contribution in [0.4, 0.5) is 4.39 Å². The first kappa shape index (κ1) is 17.2. The third-order valence-corrected chi connectivity index (χ3v) is 2.52. The van der Waals surface area contributed by atoms with Crippen LogP contribution in [-0.2, 0) is 0 Å². The van der Waals surface area contributed by atoms with Gasteiger partial charge in [0.1, 0.15) is 17.3 Å². The second-order valence-electron chi connectivity index (χ2n) is 4.47. The maximum absolute atomic E-state index is 12.1. The minimum atomic E-state index is -0.171. The van der Waals surface area contributed by atoms with E-state index in [2.05, 4.69) is 0 Å². The lowest BCUT2D eigenvalue weighted by molar-refractivity contribution is 0.475. The van der Waals surface area contributed by atoms with Crippen molar-refractivity contribution in [3.05, 3.63) is 96.3 Å². The SMILES string of the molecule is Cc1ccc(F)cc1.Oc1ccccc1.Oc1ccccc1. The van der Waals surface area contributed by atoms with E-state index in [-0.39, 0.29) is 5.82 Å². The van der Waals surface area contributed by atoms with E-state index in [0.29, 0.717) is 11.5 Å². The fourth-order valence-electron chi connectivity index (χ4n) is 1.39. The molecule has 0 aliphatic heterocycles. The van der Waals surface area contributed by atoms with Crippen molar-refractivity contribution in [3.63, 3.8) is 0 Å². The first-order valence-electron chi connectivity index (χ1n) is 6.78. The lowest BCUT2D eigenvalue weighted by Crippen LogP contribution is -1.71. The molecule has 0 aliphatic carbocycles. The van der Waals surface area contributed by atoms with Crippen LogP contribution in [0.15, 0.2) is 84.9 Å². The molecule has 0 saturated carbocycles. The van der Waals surface area contributed by atoms with Gasteiger partial charge in [-0.1, -0.05) is 54.1 Å². The maximum Gasteiger partial charge on any atom is 0.123 e. The molecule has 0 atom stereocenters. The fraction of sp³-hybridized carbons (Fsp3) is 0.0526. The van der Waals surface area contributed by atoms with E-state index in [4.69, 9.17) is 10.2 Å². The number of benzene rings is 3. The highest BCUT2D eigenvalue weighted by Crippen LogP contribution is 2.03. The molecule has 0 aliphatic rings. The summed E-state index contributed by atoms with van der Waals surface area (Å²) >= 11 is 0. The number of hydrogen-bond donors (Lipinski definition) is 2. The van der Waals surface area contributed by atoms with Crippen LogP contribution >= 0.6 is 0 Å². The second kappa shape index (κ2) is 10.00. The minimum absolute atomic E-state index is 0.171. The van der Waals surface area contributed by atoms with Crippen molar-refractivity contribution in [3.8, 4) is 11.5 Å². The zero-order valence-electron chi connectivity index (χ0n) is 12.4. The Bertz CT molecular complexity index is 564. The molecule has 114 valence electrons. The highest BCUT2D eigenvalue weighted by Gasteiger charge is 1.83. The van der Waals surface area contributed by atoms with Crippen LogP contribution in [0.2, 0.25) is 0 Å². The first-order valence-corrected chi connectivity index (χ1v) is 6.78. The van der Waals surface area contributed by atoms with Gasteiger partial charge in [-0.2, -0.15) is 0 Å². The summed E-state index contributed by atoms with van der Waals surface area (Å²) in [4.78, 5) is 0. The molecular weight excluding hydrogens is 279 g/mol. The van der Waals surface area contributed by atoms with Crippen molar-refractivity contribution >= 4 is 0 Å². The third-order valence-electron chi connectivity index (χ3n) is 2.52. The molecule has 2 N–H and O–H groups in total. The quantitative estimate of drug-likeness (QED) is 0.618. The van der Waals surface area contributed by atoms with Crippen LogP contribution in [0.25, 0.3) is 0 Å². The molecule has 0 radical (unpaired) electrons. The Hall–Kier alpha value is -2.81. The van der Waals surface area contributed by atoms with Crippen molar-refractivity contribution in [2.75, 3.05) is 0 Å². The summed E-state index contributed by atoms with van der Waals surface area (Å²) in [6, 6.07) is 23.8. The number of aromatic hydroxyl groups is 2. The van der Waals surface area contributed by atoms with E-state index >= 15 is 0 Å². The number of halogens is 1. The second-order valence-corrected chi connectivity index (χ2v) is 4.47. The molecule has 0 saturated heterocycles. The Kier molecular flexibility index (Phi) is 7.83. The molecule has 0 heterocycles. The van der Waals surface area contributed by atoms with Gasteiger partial charge in [0, 0.05) is 0 Å². The van der Waals surface area contributed by atoms with Crippen molar-refractivity contribution < 1.29 is 14.6 Å². The monoisotopic (exact) mass is 298 g/mol. The van der Waals surface area contributed by atoms with Crippen molar-refractivity contribution in [1.82, 2.24) is 0 Å². The molecule has 0 bridgehead atoms. The largest absolute Gasteiger partial charge is 0.508 e. The number of para-hydroxylation sites is 2. The number of phenols is 2. The summed E-state index contributed by atoms with van der Waals surface area (Å²) < 4.78 is 12.1. The summed E-state index contributed by atoms with van der Waals surface area (Å²) in [6.07, 6.45) is 0. The zero-order chi connectivity index (χ0) is 16.2. The predicted octanol–water partition coefficient (Wildman–Crippen LogP) is 4.92. The Morgan fingerprint density at radius 3 is 1.18 bits per heavy atom. The van der Waals surface area contributed by atoms with Crippen molar-refractivity contribution in [1.29, 1.82) is 0 Å². The lowest BCUT2D eigenvalue weighted by atomic mass is 10.2. The molecule has 3 aromatic rings. The van der Waals surface area contributed by atoms with Gasteiger partial charge in [0.25, 0.3) is 0 Å². The third kappa shape index (κ3) is 8.38. The molecule has 0 unspecified atom stereocenters. The van der Waals surface area contributed by atoms with E-state index in [1.807, 2.05) is 19.1 Å². The summed E-state index contributed by atoms with van der Waals surface area (Å²) in [5, 5.41) is 17.3. The highest BCUT2D eigenvalue weighted by atomic mass is 19.1. The number of aryl methyl sites for hydroxylation is 1. The average molecular weight is 298 g/mol. The Morgan fingerprint density at radius 1 is 0.591 bits per heavy atom. The van der Waals surface area contributed by atoms with Crippen LogP contribution in [0, 0.1) is 12.7 Å². The molecule has 2 nitrogen and oxygen atoms in total. The van der Waals surface area contributed by atoms with Crippen LogP contribution < -0.4 is 0 Å². The van der Waals surface area contributed by atoms with Gasteiger partial charge in [-0.3, -0.25) is 0 Å². The van der Waals surface area contributed by atoms with Crippen LogP contribution in [-0.4, -0.2) is 10.2 Å². The van der Waals surface area contributed by atoms with E-state index < -0.39 is 0 Å². The summed E-state index contributed by atoms with van der Waals surface area (Å²) in [7, 11) is 0. The van der Waals surface area contributed by atoms with Gasteiger partial charge >= 0.3 is 0 Å². The molecular formula is C19H19FO2. The first-order chi connectivity index (χ1) is 10.6. The summed E-state index contributed by atoms with van der Waals surface area (Å²) in [6.45, 7) is 1.93. The van der Waals surface area contributed by atoms with Crippen LogP contribution in [0.3, 0.4) is 0 Å². The van der Waals surface area contributed by atoms with Gasteiger partial charge in [0.2, 0.25) is 0 Å². The summed E-state index contributed by atoms with van der Waals surface area (Å²) in [5.74, 6) is 0.473. The van der Waals surface area contributed by atoms with Gasteiger partial charge in [-0.05, 0) is 43.3 Å². The van der Waals surface area contributed by atoms with Crippen molar-refractivity contribution in [2.45, 2.75) is 6.92 Å². The van der Waals surface area contributed by atoms with E-state index in [1.165, 1.54) is 12.1 Å². The molecule has 3 aromatic carbocycles. The van der Waals surface area contributed by atoms with Gasteiger partial charge in [-0.15, -0.1) is 0 Å². The highest BCUT2D eigenvalue weighted by molar-refractivity contribution is 5.19. The van der Waals surface area contributed by atoms with Gasteiger partial charge in [0.15, 0.2) is 0 Å². The average Bonchev–Trinajstić information content (AvgIpc) is 2.53. The lowest BCUT2D eigenvalue weighted by Gasteiger charge is -1.87. The van der Waals surface area contributed by atoms with Gasteiger partial charge < -0.3 is 10.2 Å². The van der Waals surface area contributed by atoms with E-state index in [1.54, 1.807) is 60.7 Å². The number of hydrogen-bond acceptors (Lipinski definition) is 2. The standard InChI is InChI=1S/C7H7F.2C6H6O/c1-6-2-4-7(8)5-3-6;2*7-6-4-2-1-3-5-6/h2-5H,1H3;2*1-5,7H. The molecule has 0 fully saturated rings. The Balaban J connectivity index is 0.000000166. The molecule has 0 spiro atoms. The Morgan fingerprint density at radius 2 is 0.955 bits per heavy atom.